The summed E-state index contributed by atoms with van der Waals surface area (Å²) in [6, 6.07) is 9.14. The lowest BCUT2D eigenvalue weighted by Gasteiger charge is -2.18. The van der Waals surface area contributed by atoms with Crippen LogP contribution in [0.3, 0.4) is 0 Å². The average Bonchev–Trinajstić information content (AvgIpc) is 3.08. The Labute approximate surface area is 154 Å². The summed E-state index contributed by atoms with van der Waals surface area (Å²) in [6.45, 7) is 2.31. The van der Waals surface area contributed by atoms with Crippen molar-refractivity contribution in [1.29, 1.82) is 0 Å². The van der Waals surface area contributed by atoms with Crippen molar-refractivity contribution in [3.8, 4) is 0 Å². The number of carbonyl (C=O) groups excluding carboxylic acids is 1. The first kappa shape index (κ1) is 17.6. The van der Waals surface area contributed by atoms with Crippen molar-refractivity contribution in [2.45, 2.75) is 32.4 Å². The van der Waals surface area contributed by atoms with Gasteiger partial charge in [-0.05, 0) is 35.6 Å². The minimum Gasteiger partial charge on any atom is -0.349 e. The molecule has 0 aliphatic heterocycles. The number of rotatable bonds is 6. The molecule has 0 aliphatic rings. The van der Waals surface area contributed by atoms with Crippen LogP contribution in [0, 0.1) is 0 Å². The molecule has 0 fully saturated rings. The number of benzene rings is 1. The quantitative estimate of drug-likeness (QED) is 0.713. The van der Waals surface area contributed by atoms with E-state index in [0.717, 1.165) is 16.8 Å². The highest BCUT2D eigenvalue weighted by atomic mass is 35.5. The molecule has 1 atom stereocenters. The highest BCUT2D eigenvalue weighted by Gasteiger charge is 2.13. The molecule has 3 rings (SSSR count). The van der Waals surface area contributed by atoms with Gasteiger partial charge in [0.1, 0.15) is 4.83 Å². The largest absolute Gasteiger partial charge is 0.349 e. The lowest BCUT2D eigenvalue weighted by molar-refractivity contribution is -0.122. The Morgan fingerprint density at radius 2 is 2.24 bits per heavy atom. The number of nitrogens with one attached hydrogen (secondary N) is 1. The Hall–Kier alpha value is -2.18. The van der Waals surface area contributed by atoms with Crippen LogP contribution in [0.1, 0.15) is 31.4 Å². The third kappa shape index (κ3) is 4.08. The Kier molecular flexibility index (Phi) is 5.50. The summed E-state index contributed by atoms with van der Waals surface area (Å²) >= 11 is 7.45. The van der Waals surface area contributed by atoms with Gasteiger partial charge in [0.05, 0.1) is 17.8 Å². The van der Waals surface area contributed by atoms with Crippen molar-refractivity contribution < 1.29 is 4.79 Å². The van der Waals surface area contributed by atoms with E-state index in [9.17, 15) is 9.59 Å². The number of fused-ring (bicyclic) bond motifs is 1. The first-order valence-electron chi connectivity index (χ1n) is 8.06. The van der Waals surface area contributed by atoms with Gasteiger partial charge < -0.3 is 5.32 Å². The molecule has 130 valence electrons. The van der Waals surface area contributed by atoms with Crippen LogP contribution in [0.25, 0.3) is 10.2 Å². The van der Waals surface area contributed by atoms with Gasteiger partial charge in [0, 0.05) is 18.0 Å². The number of thiophene rings is 1. The third-order valence-electron chi connectivity index (χ3n) is 4.02. The Bertz CT molecular complexity index is 951. The lowest BCUT2D eigenvalue weighted by atomic mass is 10.0. The third-order valence-corrected chi connectivity index (χ3v) is 5.08. The second-order valence-electron chi connectivity index (χ2n) is 5.72. The first-order valence-corrected chi connectivity index (χ1v) is 9.31. The predicted octanol–water partition coefficient (Wildman–Crippen LogP) is 3.77. The van der Waals surface area contributed by atoms with Crippen molar-refractivity contribution in [1.82, 2.24) is 14.9 Å². The van der Waals surface area contributed by atoms with Gasteiger partial charge in [-0.15, -0.1) is 11.3 Å². The summed E-state index contributed by atoms with van der Waals surface area (Å²) in [5.74, 6) is -0.107. The molecule has 0 radical (unpaired) electrons. The zero-order chi connectivity index (χ0) is 17.8. The van der Waals surface area contributed by atoms with Crippen molar-refractivity contribution in [3.05, 3.63) is 63.0 Å². The molecule has 1 unspecified atom stereocenters. The number of carbonyl (C=O) groups is 1. The van der Waals surface area contributed by atoms with E-state index in [0.29, 0.717) is 17.0 Å². The van der Waals surface area contributed by atoms with Crippen LogP contribution in [0.15, 0.2) is 46.8 Å². The molecule has 0 spiro atoms. The smallest absolute Gasteiger partial charge is 0.262 e. The standard InChI is InChI=1S/C18H18ClN3O2S/c1-2-15(12-4-3-5-13(19)10-12)21-16(23)6-8-22-11-20-17-14(18(22)24)7-9-25-17/h3-5,7,9-11,15H,2,6,8H2,1H3,(H,21,23). The van der Waals surface area contributed by atoms with E-state index in [1.165, 1.54) is 22.2 Å². The second-order valence-corrected chi connectivity index (χ2v) is 7.05. The van der Waals surface area contributed by atoms with Gasteiger partial charge in [-0.25, -0.2) is 4.98 Å². The second kappa shape index (κ2) is 7.80. The number of amides is 1. The molecule has 0 saturated heterocycles. The number of aryl methyl sites for hydroxylation is 1. The van der Waals surface area contributed by atoms with E-state index in [4.69, 9.17) is 11.6 Å². The first-order chi connectivity index (χ1) is 12.1. The van der Waals surface area contributed by atoms with Gasteiger partial charge in [-0.2, -0.15) is 0 Å². The van der Waals surface area contributed by atoms with Gasteiger partial charge in [0.2, 0.25) is 5.91 Å². The van der Waals surface area contributed by atoms with Crippen LogP contribution in [-0.2, 0) is 11.3 Å². The molecule has 0 bridgehead atoms. The highest BCUT2D eigenvalue weighted by molar-refractivity contribution is 7.16. The molecule has 0 saturated carbocycles. The van der Waals surface area contributed by atoms with Crippen LogP contribution >= 0.6 is 22.9 Å². The molecule has 1 aromatic carbocycles. The number of hydrogen-bond donors (Lipinski definition) is 1. The molecule has 0 aliphatic carbocycles. The highest BCUT2D eigenvalue weighted by Crippen LogP contribution is 2.20. The minimum absolute atomic E-state index is 0.0969. The zero-order valence-electron chi connectivity index (χ0n) is 13.7. The van der Waals surface area contributed by atoms with E-state index < -0.39 is 0 Å². The maximum Gasteiger partial charge on any atom is 0.262 e. The van der Waals surface area contributed by atoms with Gasteiger partial charge in [0.15, 0.2) is 0 Å². The summed E-state index contributed by atoms with van der Waals surface area (Å²) in [7, 11) is 0. The molecule has 25 heavy (non-hydrogen) atoms. The molecule has 2 heterocycles. The maximum absolute atomic E-state index is 12.3. The van der Waals surface area contributed by atoms with Crippen molar-refractivity contribution in [2.75, 3.05) is 0 Å². The van der Waals surface area contributed by atoms with Crippen molar-refractivity contribution in [3.63, 3.8) is 0 Å². The van der Waals surface area contributed by atoms with E-state index >= 15 is 0 Å². The molecule has 1 amide bonds. The maximum atomic E-state index is 12.3. The van der Waals surface area contributed by atoms with Crippen LogP contribution in [0.2, 0.25) is 5.02 Å². The van der Waals surface area contributed by atoms with Gasteiger partial charge in [-0.3, -0.25) is 14.2 Å². The van der Waals surface area contributed by atoms with Crippen molar-refractivity contribution in [2.24, 2.45) is 0 Å². The normalized spacial score (nSPS) is 12.2. The summed E-state index contributed by atoms with van der Waals surface area (Å²) < 4.78 is 1.48. The fourth-order valence-corrected chi connectivity index (χ4v) is 3.61. The van der Waals surface area contributed by atoms with E-state index in [2.05, 4.69) is 10.3 Å². The van der Waals surface area contributed by atoms with Crippen LogP contribution in [-0.4, -0.2) is 15.5 Å². The Balaban J connectivity index is 1.65. The topological polar surface area (TPSA) is 64.0 Å². The molecule has 7 heteroatoms. The molecular weight excluding hydrogens is 358 g/mol. The van der Waals surface area contributed by atoms with E-state index in [-0.39, 0.29) is 23.9 Å². The molecule has 3 aromatic rings. The molecule has 2 aromatic heterocycles. The molecular formula is C18H18ClN3O2S. The van der Waals surface area contributed by atoms with E-state index in [1.54, 1.807) is 12.1 Å². The van der Waals surface area contributed by atoms with Gasteiger partial charge in [-0.1, -0.05) is 30.7 Å². The molecule has 1 N–H and O–H groups in total. The number of halogens is 1. The fraction of sp³-hybridized carbons (Fsp3) is 0.278. The monoisotopic (exact) mass is 375 g/mol. The lowest BCUT2D eigenvalue weighted by Crippen LogP contribution is -2.30. The number of aromatic nitrogens is 2. The summed E-state index contributed by atoms with van der Waals surface area (Å²) in [6.07, 6.45) is 2.48. The fourth-order valence-electron chi connectivity index (χ4n) is 2.69. The summed E-state index contributed by atoms with van der Waals surface area (Å²) in [5, 5.41) is 6.08. The zero-order valence-corrected chi connectivity index (χ0v) is 15.3. The van der Waals surface area contributed by atoms with Crippen molar-refractivity contribution >= 4 is 39.1 Å². The number of hydrogen-bond acceptors (Lipinski definition) is 4. The number of nitrogens with zero attached hydrogens (tertiary/aromatic N) is 2. The van der Waals surface area contributed by atoms with Gasteiger partial charge >= 0.3 is 0 Å². The van der Waals surface area contributed by atoms with Gasteiger partial charge in [0.25, 0.3) is 5.56 Å². The predicted molar refractivity (Wildman–Crippen MR) is 101 cm³/mol. The Morgan fingerprint density at radius 1 is 1.40 bits per heavy atom. The minimum atomic E-state index is -0.110. The molecule has 5 nitrogen and oxygen atoms in total. The van der Waals surface area contributed by atoms with Crippen LogP contribution in [0.5, 0.6) is 0 Å². The summed E-state index contributed by atoms with van der Waals surface area (Å²) in [4.78, 5) is 29.6. The Morgan fingerprint density at radius 3 is 3.00 bits per heavy atom. The van der Waals surface area contributed by atoms with Crippen LogP contribution < -0.4 is 10.9 Å². The van der Waals surface area contributed by atoms with E-state index in [1.807, 2.05) is 30.5 Å². The SMILES string of the molecule is CCC(NC(=O)CCn1cnc2sccc2c1=O)c1cccc(Cl)c1. The summed E-state index contributed by atoms with van der Waals surface area (Å²) in [5.41, 5.74) is 0.864. The van der Waals surface area contributed by atoms with Crippen LogP contribution in [0.4, 0.5) is 0 Å². The average molecular weight is 376 g/mol.